The largest absolute Gasteiger partial charge is 0.466 e. The van der Waals surface area contributed by atoms with Crippen molar-refractivity contribution in [2.75, 3.05) is 7.11 Å². The molecule has 0 saturated carbocycles. The quantitative estimate of drug-likeness (QED) is 0.347. The molecule has 0 fully saturated rings. The molecule has 0 rings (SSSR count). The van der Waals surface area contributed by atoms with Crippen molar-refractivity contribution in [1.82, 2.24) is 0 Å². The fourth-order valence-corrected chi connectivity index (χ4v) is 2.68. The molecule has 0 aliphatic rings. The molecular weight excluding hydrogens is 320 g/mol. The average Bonchev–Trinajstić information content (AvgIpc) is 2.59. The first-order valence-corrected chi connectivity index (χ1v) is 9.89. The normalized spacial score (nSPS) is 13.5. The van der Waals surface area contributed by atoms with Crippen LogP contribution in [-0.4, -0.2) is 36.4 Å². The van der Waals surface area contributed by atoms with Gasteiger partial charge in [-0.2, -0.15) is 0 Å². The van der Waals surface area contributed by atoms with Crippen molar-refractivity contribution in [1.29, 1.82) is 0 Å². The lowest BCUT2D eigenvalue weighted by Crippen LogP contribution is -2.41. The van der Waals surface area contributed by atoms with Gasteiger partial charge in [0.15, 0.2) is 0 Å². The van der Waals surface area contributed by atoms with Crippen LogP contribution in [0.4, 0.5) is 0 Å². The summed E-state index contributed by atoms with van der Waals surface area (Å²) in [6.45, 7) is 5.75. The molecule has 0 amide bonds. The van der Waals surface area contributed by atoms with Gasteiger partial charge >= 0.3 is 11.9 Å². The minimum atomic E-state index is -1.24. The van der Waals surface area contributed by atoms with Gasteiger partial charge in [0.25, 0.3) is 0 Å². The Hall–Kier alpha value is -1.10. The lowest BCUT2D eigenvalue weighted by atomic mass is 10.0. The van der Waals surface area contributed by atoms with Gasteiger partial charge in [0.1, 0.15) is 6.10 Å². The number of esters is 2. The van der Waals surface area contributed by atoms with Gasteiger partial charge in [0, 0.05) is 6.42 Å². The number of unbranched alkanes of at least 4 members (excludes halogenated alkanes) is 9. The molecule has 25 heavy (non-hydrogen) atoms. The first-order chi connectivity index (χ1) is 11.9. The van der Waals surface area contributed by atoms with Crippen LogP contribution in [0.5, 0.6) is 0 Å². The summed E-state index contributed by atoms with van der Waals surface area (Å²) in [5.41, 5.74) is 0. The van der Waals surface area contributed by atoms with Crippen molar-refractivity contribution in [3.8, 4) is 0 Å². The Morgan fingerprint density at radius 2 is 1.36 bits per heavy atom. The van der Waals surface area contributed by atoms with Crippen molar-refractivity contribution in [3.05, 3.63) is 0 Å². The van der Waals surface area contributed by atoms with E-state index in [0.717, 1.165) is 19.3 Å². The Morgan fingerprint density at radius 1 is 0.880 bits per heavy atom. The molecule has 0 spiro atoms. The minimum absolute atomic E-state index is 0.200. The molecular formula is C20H38O5. The van der Waals surface area contributed by atoms with Gasteiger partial charge in [-0.05, 0) is 12.3 Å². The third-order valence-corrected chi connectivity index (χ3v) is 4.42. The SMILES string of the molecule is CCCCCCCCCCCCC(=O)O[C@@H](C(=O)OC)[C@H](O)C(C)C. The van der Waals surface area contributed by atoms with Crippen LogP contribution in [0.1, 0.15) is 91.4 Å². The number of rotatable bonds is 15. The molecule has 2 atom stereocenters. The lowest BCUT2D eigenvalue weighted by Gasteiger charge is -2.23. The Balaban J connectivity index is 3.84. The number of hydrogen-bond acceptors (Lipinski definition) is 5. The monoisotopic (exact) mass is 358 g/mol. The number of ether oxygens (including phenoxy) is 2. The van der Waals surface area contributed by atoms with Gasteiger partial charge in [-0.25, -0.2) is 4.79 Å². The Labute approximate surface area is 153 Å². The van der Waals surface area contributed by atoms with E-state index in [1.165, 1.54) is 52.1 Å². The standard InChI is InChI=1S/C20H38O5/c1-5-6-7-8-9-10-11-12-13-14-15-17(21)25-19(20(23)24-4)18(22)16(2)3/h16,18-19,22H,5-15H2,1-4H3/t18-,19-/m1/s1. The molecule has 0 aliphatic carbocycles. The van der Waals surface area contributed by atoms with E-state index in [9.17, 15) is 14.7 Å². The second-order valence-electron chi connectivity index (χ2n) is 7.10. The third kappa shape index (κ3) is 12.0. The van der Waals surface area contributed by atoms with Gasteiger partial charge in [-0.3, -0.25) is 4.79 Å². The van der Waals surface area contributed by atoms with E-state index in [1.807, 2.05) is 0 Å². The van der Waals surface area contributed by atoms with Crippen LogP contribution in [0, 0.1) is 5.92 Å². The molecule has 0 aliphatic heterocycles. The Bertz CT molecular complexity index is 354. The number of methoxy groups -OCH3 is 1. The average molecular weight is 359 g/mol. The highest BCUT2D eigenvalue weighted by Gasteiger charge is 2.33. The summed E-state index contributed by atoms with van der Waals surface area (Å²) in [5.74, 6) is -1.36. The first-order valence-electron chi connectivity index (χ1n) is 9.89. The second kappa shape index (κ2) is 15.2. The third-order valence-electron chi connectivity index (χ3n) is 4.42. The summed E-state index contributed by atoms with van der Waals surface area (Å²) < 4.78 is 9.76. The minimum Gasteiger partial charge on any atom is -0.466 e. The second-order valence-corrected chi connectivity index (χ2v) is 7.10. The molecule has 0 aromatic rings. The van der Waals surface area contributed by atoms with Gasteiger partial charge in [0.05, 0.1) is 7.11 Å². The summed E-state index contributed by atoms with van der Waals surface area (Å²) in [6.07, 6.45) is 9.89. The van der Waals surface area contributed by atoms with Crippen LogP contribution >= 0.6 is 0 Å². The summed E-state index contributed by atoms with van der Waals surface area (Å²) >= 11 is 0. The molecule has 1 N–H and O–H groups in total. The molecule has 0 unspecified atom stereocenters. The maximum atomic E-state index is 11.9. The number of aliphatic hydroxyl groups excluding tert-OH is 1. The van der Waals surface area contributed by atoms with Crippen molar-refractivity contribution < 1.29 is 24.2 Å². The van der Waals surface area contributed by atoms with Gasteiger partial charge in [-0.15, -0.1) is 0 Å². The molecule has 0 radical (unpaired) electrons. The highest BCUT2D eigenvalue weighted by atomic mass is 16.6. The number of carbonyl (C=O) groups excluding carboxylic acids is 2. The summed E-state index contributed by atoms with van der Waals surface area (Å²) in [4.78, 5) is 23.6. The van der Waals surface area contributed by atoms with Crippen molar-refractivity contribution in [2.24, 2.45) is 5.92 Å². The van der Waals surface area contributed by atoms with Crippen LogP contribution < -0.4 is 0 Å². The van der Waals surface area contributed by atoms with E-state index >= 15 is 0 Å². The predicted octanol–water partition coefficient (Wildman–Crippen LogP) is 4.40. The van der Waals surface area contributed by atoms with Crippen LogP contribution in [-0.2, 0) is 19.1 Å². The molecule has 148 valence electrons. The topological polar surface area (TPSA) is 72.8 Å². The zero-order valence-corrected chi connectivity index (χ0v) is 16.6. The predicted molar refractivity (Wildman–Crippen MR) is 99.2 cm³/mol. The highest BCUT2D eigenvalue weighted by molar-refractivity contribution is 5.79. The van der Waals surface area contributed by atoms with Gasteiger partial charge in [-0.1, -0.05) is 78.6 Å². The summed E-state index contributed by atoms with van der Waals surface area (Å²) in [6, 6.07) is 0. The summed E-state index contributed by atoms with van der Waals surface area (Å²) in [5, 5.41) is 10.0. The van der Waals surface area contributed by atoms with Crippen LogP contribution in [0.2, 0.25) is 0 Å². The molecule has 0 saturated heterocycles. The molecule has 0 bridgehead atoms. The van der Waals surface area contributed by atoms with Crippen molar-refractivity contribution in [2.45, 2.75) is 104 Å². The van der Waals surface area contributed by atoms with E-state index in [-0.39, 0.29) is 12.3 Å². The number of hydrogen-bond donors (Lipinski definition) is 1. The van der Waals surface area contributed by atoms with Gasteiger partial charge < -0.3 is 14.6 Å². The van der Waals surface area contributed by atoms with E-state index in [1.54, 1.807) is 13.8 Å². The molecule has 0 aromatic heterocycles. The van der Waals surface area contributed by atoms with E-state index in [4.69, 9.17) is 4.74 Å². The van der Waals surface area contributed by atoms with Crippen molar-refractivity contribution >= 4 is 11.9 Å². The molecule has 5 nitrogen and oxygen atoms in total. The fraction of sp³-hybridized carbons (Fsp3) is 0.900. The van der Waals surface area contributed by atoms with Crippen LogP contribution in [0.25, 0.3) is 0 Å². The first kappa shape index (κ1) is 23.9. The maximum absolute atomic E-state index is 11.9. The Morgan fingerprint density at radius 3 is 1.80 bits per heavy atom. The number of carbonyl (C=O) groups is 2. The van der Waals surface area contributed by atoms with Crippen LogP contribution in [0.3, 0.4) is 0 Å². The van der Waals surface area contributed by atoms with E-state index < -0.39 is 24.1 Å². The molecule has 0 heterocycles. The number of aliphatic hydroxyl groups is 1. The zero-order chi connectivity index (χ0) is 19.1. The molecule has 0 aromatic carbocycles. The van der Waals surface area contributed by atoms with Gasteiger partial charge in [0.2, 0.25) is 6.10 Å². The van der Waals surface area contributed by atoms with Crippen molar-refractivity contribution in [3.63, 3.8) is 0 Å². The fourth-order valence-electron chi connectivity index (χ4n) is 2.68. The zero-order valence-electron chi connectivity index (χ0n) is 16.6. The maximum Gasteiger partial charge on any atom is 0.349 e. The lowest BCUT2D eigenvalue weighted by molar-refractivity contribution is -0.176. The molecule has 5 heteroatoms. The smallest absolute Gasteiger partial charge is 0.349 e. The van der Waals surface area contributed by atoms with E-state index in [2.05, 4.69) is 11.7 Å². The van der Waals surface area contributed by atoms with E-state index in [0.29, 0.717) is 0 Å². The Kier molecular flexibility index (Phi) is 14.5. The summed E-state index contributed by atoms with van der Waals surface area (Å²) in [7, 11) is 1.22. The van der Waals surface area contributed by atoms with Crippen LogP contribution in [0.15, 0.2) is 0 Å². The highest BCUT2D eigenvalue weighted by Crippen LogP contribution is 2.14.